The van der Waals surface area contributed by atoms with E-state index in [1.165, 1.54) is 10.3 Å². The first-order chi connectivity index (χ1) is 11.4. The van der Waals surface area contributed by atoms with Gasteiger partial charge in [0.25, 0.3) is 0 Å². The summed E-state index contributed by atoms with van der Waals surface area (Å²) < 4.78 is 2.17. The molecule has 1 aromatic heterocycles. The largest absolute Gasteiger partial charge is 0.342 e. The average Bonchev–Trinajstić information content (AvgIpc) is 3.00. The predicted octanol–water partition coefficient (Wildman–Crippen LogP) is 4.75. The third-order valence-electron chi connectivity index (χ3n) is 3.77. The second kappa shape index (κ2) is 6.91. The Labute approximate surface area is 153 Å². The van der Waals surface area contributed by atoms with Crippen molar-refractivity contribution >= 4 is 54.2 Å². The molecule has 0 aliphatic rings. The van der Waals surface area contributed by atoms with Crippen molar-refractivity contribution in [3.05, 3.63) is 52.0 Å². The molecule has 1 N–H and O–H groups in total. The minimum atomic E-state index is -0.0625. The van der Waals surface area contributed by atoms with E-state index in [1.54, 1.807) is 11.3 Å². The van der Waals surface area contributed by atoms with Crippen LogP contribution in [0.25, 0.3) is 10.2 Å². The Morgan fingerprint density at radius 1 is 1.17 bits per heavy atom. The van der Waals surface area contributed by atoms with E-state index in [4.69, 9.17) is 4.98 Å². The fourth-order valence-corrected chi connectivity index (χ4v) is 3.76. The van der Waals surface area contributed by atoms with E-state index < -0.39 is 0 Å². The average molecular weight is 404 g/mol. The van der Waals surface area contributed by atoms with E-state index in [0.717, 1.165) is 26.4 Å². The summed E-state index contributed by atoms with van der Waals surface area (Å²) in [5, 5.41) is 3.76. The number of fused-ring (bicyclic) bond motifs is 1. The van der Waals surface area contributed by atoms with Crippen molar-refractivity contribution < 1.29 is 4.79 Å². The van der Waals surface area contributed by atoms with Gasteiger partial charge in [-0.2, -0.15) is 0 Å². The van der Waals surface area contributed by atoms with Gasteiger partial charge in [-0.3, -0.25) is 4.79 Å². The van der Waals surface area contributed by atoms with E-state index >= 15 is 0 Å². The molecule has 0 atom stereocenters. The summed E-state index contributed by atoms with van der Waals surface area (Å²) in [6.07, 6.45) is 0. The standard InChI is InChI=1S/C18H18BrN3OS/c1-11-4-5-12(2)17-16(11)21-18(24-17)22(3)10-15(23)20-14-8-6-13(19)7-9-14/h4-9H,10H2,1-3H3,(H,20,23). The summed E-state index contributed by atoms with van der Waals surface area (Å²) >= 11 is 5.01. The van der Waals surface area contributed by atoms with Crippen molar-refractivity contribution in [2.24, 2.45) is 0 Å². The maximum absolute atomic E-state index is 12.2. The van der Waals surface area contributed by atoms with E-state index in [2.05, 4.69) is 47.2 Å². The zero-order valence-corrected chi connectivity index (χ0v) is 16.2. The summed E-state index contributed by atoms with van der Waals surface area (Å²) in [6.45, 7) is 4.41. The number of amides is 1. The fraction of sp³-hybridized carbons (Fsp3) is 0.222. The number of nitrogens with one attached hydrogen (secondary N) is 1. The number of halogens is 1. The Kier molecular flexibility index (Phi) is 4.87. The number of anilines is 2. The van der Waals surface area contributed by atoms with Gasteiger partial charge in [-0.05, 0) is 49.2 Å². The van der Waals surface area contributed by atoms with Crippen molar-refractivity contribution in [3.63, 3.8) is 0 Å². The number of rotatable bonds is 4. The molecule has 0 spiro atoms. The van der Waals surface area contributed by atoms with Gasteiger partial charge in [0.1, 0.15) is 0 Å². The highest BCUT2D eigenvalue weighted by Crippen LogP contribution is 2.32. The van der Waals surface area contributed by atoms with Gasteiger partial charge in [0.2, 0.25) is 5.91 Å². The first-order valence-corrected chi connectivity index (χ1v) is 9.18. The number of benzene rings is 2. The van der Waals surface area contributed by atoms with Gasteiger partial charge in [0.15, 0.2) is 5.13 Å². The lowest BCUT2D eigenvalue weighted by Crippen LogP contribution is -2.29. The number of hydrogen-bond donors (Lipinski definition) is 1. The van der Waals surface area contributed by atoms with Gasteiger partial charge < -0.3 is 10.2 Å². The van der Waals surface area contributed by atoms with E-state index in [1.807, 2.05) is 36.2 Å². The van der Waals surface area contributed by atoms with Gasteiger partial charge >= 0.3 is 0 Å². The molecule has 0 aliphatic carbocycles. The molecule has 0 saturated carbocycles. The zero-order chi connectivity index (χ0) is 17.3. The molecule has 24 heavy (non-hydrogen) atoms. The Bertz CT molecular complexity index is 850. The lowest BCUT2D eigenvalue weighted by molar-refractivity contribution is -0.114. The van der Waals surface area contributed by atoms with Gasteiger partial charge in [-0.25, -0.2) is 4.98 Å². The zero-order valence-electron chi connectivity index (χ0n) is 13.8. The van der Waals surface area contributed by atoms with Gasteiger partial charge in [-0.15, -0.1) is 0 Å². The summed E-state index contributed by atoms with van der Waals surface area (Å²) in [6, 6.07) is 11.7. The van der Waals surface area contributed by atoms with Crippen LogP contribution in [0, 0.1) is 13.8 Å². The number of hydrogen-bond acceptors (Lipinski definition) is 4. The molecule has 124 valence electrons. The van der Waals surface area contributed by atoms with Gasteiger partial charge in [0.05, 0.1) is 16.8 Å². The van der Waals surface area contributed by atoms with Crippen LogP contribution in [0.15, 0.2) is 40.9 Å². The third-order valence-corrected chi connectivity index (χ3v) is 5.60. The Morgan fingerprint density at radius 3 is 2.50 bits per heavy atom. The Hall–Kier alpha value is -1.92. The topological polar surface area (TPSA) is 45.2 Å². The summed E-state index contributed by atoms with van der Waals surface area (Å²) in [7, 11) is 1.89. The molecular weight excluding hydrogens is 386 g/mol. The second-order valence-electron chi connectivity index (χ2n) is 5.78. The van der Waals surface area contributed by atoms with Crippen LogP contribution >= 0.6 is 27.3 Å². The van der Waals surface area contributed by atoms with Crippen LogP contribution in [0.1, 0.15) is 11.1 Å². The van der Waals surface area contributed by atoms with Crippen LogP contribution < -0.4 is 10.2 Å². The summed E-state index contributed by atoms with van der Waals surface area (Å²) in [5.74, 6) is -0.0625. The molecule has 4 nitrogen and oxygen atoms in total. The molecule has 1 heterocycles. The number of aromatic nitrogens is 1. The maximum Gasteiger partial charge on any atom is 0.243 e. The monoisotopic (exact) mass is 403 g/mol. The number of carbonyl (C=O) groups is 1. The van der Waals surface area contributed by atoms with Crippen molar-refractivity contribution in [1.82, 2.24) is 4.98 Å². The minimum absolute atomic E-state index is 0.0625. The first kappa shape index (κ1) is 16.9. The fourth-order valence-electron chi connectivity index (χ4n) is 2.43. The van der Waals surface area contributed by atoms with Crippen LogP contribution in [-0.2, 0) is 4.79 Å². The molecule has 3 aromatic rings. The smallest absolute Gasteiger partial charge is 0.243 e. The van der Waals surface area contributed by atoms with E-state index in [-0.39, 0.29) is 12.5 Å². The highest BCUT2D eigenvalue weighted by atomic mass is 79.9. The van der Waals surface area contributed by atoms with Crippen molar-refractivity contribution in [3.8, 4) is 0 Å². The predicted molar refractivity (Wildman–Crippen MR) is 105 cm³/mol. The molecule has 0 unspecified atom stereocenters. The number of thiazole rings is 1. The minimum Gasteiger partial charge on any atom is -0.342 e. The number of nitrogens with zero attached hydrogens (tertiary/aromatic N) is 2. The Balaban J connectivity index is 1.73. The molecule has 1 amide bonds. The summed E-state index contributed by atoms with van der Waals surface area (Å²) in [5.41, 5.74) is 4.18. The quantitative estimate of drug-likeness (QED) is 0.683. The molecular formula is C18H18BrN3OS. The second-order valence-corrected chi connectivity index (χ2v) is 7.68. The van der Waals surface area contributed by atoms with Crippen molar-refractivity contribution in [1.29, 1.82) is 0 Å². The molecule has 0 radical (unpaired) electrons. The molecule has 0 fully saturated rings. The number of carbonyl (C=O) groups excluding carboxylic acids is 1. The van der Waals surface area contributed by atoms with Gasteiger partial charge in [-0.1, -0.05) is 39.4 Å². The lowest BCUT2D eigenvalue weighted by atomic mass is 10.1. The summed E-state index contributed by atoms with van der Waals surface area (Å²) in [4.78, 5) is 18.8. The molecule has 6 heteroatoms. The van der Waals surface area contributed by atoms with Crippen LogP contribution in [0.2, 0.25) is 0 Å². The van der Waals surface area contributed by atoms with E-state index in [0.29, 0.717) is 0 Å². The molecule has 3 rings (SSSR count). The highest BCUT2D eigenvalue weighted by Gasteiger charge is 2.14. The highest BCUT2D eigenvalue weighted by molar-refractivity contribution is 9.10. The Morgan fingerprint density at radius 2 is 1.83 bits per heavy atom. The van der Waals surface area contributed by atoms with Crippen LogP contribution in [0.3, 0.4) is 0 Å². The first-order valence-electron chi connectivity index (χ1n) is 7.57. The van der Waals surface area contributed by atoms with Crippen LogP contribution in [-0.4, -0.2) is 24.5 Å². The number of likely N-dealkylation sites (N-methyl/N-ethyl adjacent to an activating group) is 1. The van der Waals surface area contributed by atoms with E-state index in [9.17, 15) is 4.79 Å². The van der Waals surface area contributed by atoms with Crippen LogP contribution in [0.5, 0.6) is 0 Å². The SMILES string of the molecule is Cc1ccc(C)c2sc(N(C)CC(=O)Nc3ccc(Br)cc3)nc12. The number of aryl methyl sites for hydroxylation is 2. The maximum atomic E-state index is 12.2. The normalized spacial score (nSPS) is 10.8. The van der Waals surface area contributed by atoms with Crippen LogP contribution in [0.4, 0.5) is 10.8 Å². The molecule has 0 saturated heterocycles. The molecule has 0 aliphatic heterocycles. The molecule has 2 aromatic carbocycles. The molecule has 0 bridgehead atoms. The van der Waals surface area contributed by atoms with Crippen molar-refractivity contribution in [2.45, 2.75) is 13.8 Å². The van der Waals surface area contributed by atoms with Gasteiger partial charge in [0, 0.05) is 17.2 Å². The third kappa shape index (κ3) is 3.60. The lowest BCUT2D eigenvalue weighted by Gasteiger charge is -2.15. The van der Waals surface area contributed by atoms with Crippen molar-refractivity contribution in [2.75, 3.05) is 23.8 Å².